The highest BCUT2D eigenvalue weighted by Crippen LogP contribution is 2.21. The molecule has 0 unspecified atom stereocenters. The number of carbonyl (C=O) groups is 2. The van der Waals surface area contributed by atoms with Crippen molar-refractivity contribution in [3.05, 3.63) is 72.8 Å². The molecule has 0 spiro atoms. The van der Waals surface area contributed by atoms with Crippen LogP contribution in [0.25, 0.3) is 10.8 Å². The molecule has 0 aliphatic carbocycles. The summed E-state index contributed by atoms with van der Waals surface area (Å²) >= 11 is 0. The molecule has 0 aliphatic heterocycles. The fraction of sp³-hybridized carbons (Fsp3) is 0.208. The summed E-state index contributed by atoms with van der Waals surface area (Å²) in [6, 6.07) is 24.4. The highest BCUT2D eigenvalue weighted by Gasteiger charge is 2.25. The average molecular weight is 402 g/mol. The minimum atomic E-state index is -1.00. The number of nitrogens with zero attached hydrogens (tertiary/aromatic N) is 2. The Kier molecular flexibility index (Phi) is 7.01. The van der Waals surface area contributed by atoms with E-state index in [-0.39, 0.29) is 19.6 Å². The Morgan fingerprint density at radius 2 is 1.70 bits per heavy atom. The second-order valence-corrected chi connectivity index (χ2v) is 6.66. The summed E-state index contributed by atoms with van der Waals surface area (Å²) in [6.07, 6.45) is -0.830. The van der Waals surface area contributed by atoms with E-state index in [1.54, 1.807) is 30.3 Å². The zero-order valence-electron chi connectivity index (χ0n) is 16.7. The van der Waals surface area contributed by atoms with Crippen LogP contribution in [0.3, 0.4) is 0 Å². The Morgan fingerprint density at radius 3 is 2.43 bits per heavy atom. The summed E-state index contributed by atoms with van der Waals surface area (Å²) in [7, 11) is 0. The largest absolute Gasteiger partial charge is 0.482 e. The monoisotopic (exact) mass is 402 g/mol. The van der Waals surface area contributed by atoms with Gasteiger partial charge in [-0.25, -0.2) is 4.79 Å². The zero-order chi connectivity index (χ0) is 21.3. The van der Waals surface area contributed by atoms with Gasteiger partial charge in [0.05, 0.1) is 12.5 Å². The van der Waals surface area contributed by atoms with Crippen LogP contribution in [0, 0.1) is 11.3 Å². The van der Waals surface area contributed by atoms with Crippen molar-refractivity contribution in [3.8, 4) is 11.8 Å². The molecule has 1 atom stereocenters. The van der Waals surface area contributed by atoms with Crippen molar-refractivity contribution in [2.75, 3.05) is 18.1 Å². The van der Waals surface area contributed by atoms with Crippen molar-refractivity contribution in [2.24, 2.45) is 0 Å². The molecule has 3 rings (SSSR count). The van der Waals surface area contributed by atoms with Gasteiger partial charge < -0.3 is 14.4 Å². The highest BCUT2D eigenvalue weighted by molar-refractivity contribution is 5.97. The van der Waals surface area contributed by atoms with E-state index in [0.717, 1.165) is 10.8 Å². The van der Waals surface area contributed by atoms with Gasteiger partial charge in [-0.15, -0.1) is 0 Å². The normalized spacial score (nSPS) is 11.3. The lowest BCUT2D eigenvalue weighted by molar-refractivity contribution is -0.155. The fourth-order valence-corrected chi connectivity index (χ4v) is 3.04. The van der Waals surface area contributed by atoms with Crippen LogP contribution in [-0.2, 0) is 14.3 Å². The molecule has 0 radical (unpaired) electrons. The van der Waals surface area contributed by atoms with E-state index in [2.05, 4.69) is 0 Å². The van der Waals surface area contributed by atoms with E-state index in [0.29, 0.717) is 11.4 Å². The number of hydrogen-bond donors (Lipinski definition) is 0. The van der Waals surface area contributed by atoms with E-state index in [9.17, 15) is 9.59 Å². The van der Waals surface area contributed by atoms with Gasteiger partial charge in [-0.05, 0) is 42.0 Å². The van der Waals surface area contributed by atoms with Crippen LogP contribution < -0.4 is 9.64 Å². The van der Waals surface area contributed by atoms with Gasteiger partial charge in [0.1, 0.15) is 5.75 Å². The molecule has 0 bridgehead atoms. The van der Waals surface area contributed by atoms with Gasteiger partial charge in [-0.1, -0.05) is 48.5 Å². The Balaban J connectivity index is 1.58. The molecule has 0 aromatic heterocycles. The van der Waals surface area contributed by atoms with Crippen LogP contribution in [-0.4, -0.2) is 31.1 Å². The maximum absolute atomic E-state index is 12.8. The molecule has 6 nitrogen and oxygen atoms in total. The van der Waals surface area contributed by atoms with E-state index in [1.807, 2.05) is 48.5 Å². The number of rotatable bonds is 8. The number of benzene rings is 3. The summed E-state index contributed by atoms with van der Waals surface area (Å²) in [5.41, 5.74) is 0.646. The van der Waals surface area contributed by atoms with Gasteiger partial charge in [-0.3, -0.25) is 4.79 Å². The molecule has 1 amide bonds. The summed E-state index contributed by atoms with van der Waals surface area (Å²) in [6.45, 7) is 1.42. The standard InChI is InChI=1S/C24H22N2O4/c1-18(24(28)26(15-7-14-25)21-10-3-2-4-11-21)30-23(27)17-29-22-13-12-19-8-5-6-9-20(19)16-22/h2-6,8-13,16,18H,7,15,17H2,1H3/t18-/m1/s1. The molecule has 30 heavy (non-hydrogen) atoms. The second-order valence-electron chi connectivity index (χ2n) is 6.66. The van der Waals surface area contributed by atoms with Crippen molar-refractivity contribution in [2.45, 2.75) is 19.4 Å². The molecular weight excluding hydrogens is 380 g/mol. The van der Waals surface area contributed by atoms with Crippen molar-refractivity contribution >= 4 is 28.3 Å². The Labute approximate surface area is 175 Å². The number of hydrogen-bond acceptors (Lipinski definition) is 5. The molecule has 0 heterocycles. The first-order chi connectivity index (χ1) is 14.6. The number of carbonyl (C=O) groups excluding carboxylic acids is 2. The summed E-state index contributed by atoms with van der Waals surface area (Å²) in [5.74, 6) is -0.489. The van der Waals surface area contributed by atoms with Gasteiger partial charge >= 0.3 is 5.97 Å². The number of anilines is 1. The molecule has 3 aromatic rings. The molecular formula is C24H22N2O4. The van der Waals surface area contributed by atoms with Gasteiger partial charge in [0.25, 0.3) is 5.91 Å². The summed E-state index contributed by atoms with van der Waals surface area (Å²) < 4.78 is 10.8. The smallest absolute Gasteiger partial charge is 0.344 e. The van der Waals surface area contributed by atoms with Crippen molar-refractivity contribution in [1.29, 1.82) is 5.26 Å². The number of para-hydroxylation sites is 1. The first kappa shape index (κ1) is 20.9. The van der Waals surface area contributed by atoms with Crippen molar-refractivity contribution in [1.82, 2.24) is 0 Å². The molecule has 6 heteroatoms. The van der Waals surface area contributed by atoms with Crippen molar-refractivity contribution < 1.29 is 19.1 Å². The minimum Gasteiger partial charge on any atom is -0.482 e. The number of amides is 1. The number of fused-ring (bicyclic) bond motifs is 1. The lowest BCUT2D eigenvalue weighted by atomic mass is 10.1. The predicted molar refractivity (Wildman–Crippen MR) is 114 cm³/mol. The number of ether oxygens (including phenoxy) is 2. The first-order valence-electron chi connectivity index (χ1n) is 9.63. The lowest BCUT2D eigenvalue weighted by Gasteiger charge is -2.25. The Bertz CT molecular complexity index is 1060. The van der Waals surface area contributed by atoms with Gasteiger partial charge in [0.15, 0.2) is 12.7 Å². The number of nitriles is 1. The zero-order valence-corrected chi connectivity index (χ0v) is 16.7. The van der Waals surface area contributed by atoms with Crippen LogP contribution >= 0.6 is 0 Å². The van der Waals surface area contributed by atoms with Crippen LogP contribution in [0.1, 0.15) is 13.3 Å². The van der Waals surface area contributed by atoms with Crippen LogP contribution in [0.15, 0.2) is 72.8 Å². The minimum absolute atomic E-state index is 0.173. The average Bonchev–Trinajstić information content (AvgIpc) is 2.78. The molecule has 0 aliphatic rings. The van der Waals surface area contributed by atoms with Crippen LogP contribution in [0.5, 0.6) is 5.75 Å². The SMILES string of the molecule is C[C@@H](OC(=O)COc1ccc2ccccc2c1)C(=O)N(CCC#N)c1ccccc1. The van der Waals surface area contributed by atoms with Crippen molar-refractivity contribution in [3.63, 3.8) is 0 Å². The lowest BCUT2D eigenvalue weighted by Crippen LogP contribution is -2.41. The maximum Gasteiger partial charge on any atom is 0.344 e. The topological polar surface area (TPSA) is 79.6 Å². The highest BCUT2D eigenvalue weighted by atomic mass is 16.6. The molecule has 3 aromatic carbocycles. The quantitative estimate of drug-likeness (QED) is 0.530. The molecule has 152 valence electrons. The predicted octanol–water partition coefficient (Wildman–Crippen LogP) is 4.10. The summed E-state index contributed by atoms with van der Waals surface area (Å²) in [4.78, 5) is 26.5. The van der Waals surface area contributed by atoms with E-state index in [1.165, 1.54) is 11.8 Å². The van der Waals surface area contributed by atoms with E-state index in [4.69, 9.17) is 14.7 Å². The van der Waals surface area contributed by atoms with E-state index >= 15 is 0 Å². The number of esters is 1. The Morgan fingerprint density at radius 1 is 1.00 bits per heavy atom. The third-order valence-corrected chi connectivity index (χ3v) is 4.51. The third-order valence-electron chi connectivity index (χ3n) is 4.51. The Hall–Kier alpha value is -3.85. The van der Waals surface area contributed by atoms with E-state index < -0.39 is 18.0 Å². The summed E-state index contributed by atoms with van der Waals surface area (Å²) in [5, 5.41) is 11.0. The maximum atomic E-state index is 12.8. The molecule has 0 saturated carbocycles. The fourth-order valence-electron chi connectivity index (χ4n) is 3.04. The van der Waals surface area contributed by atoms with Gasteiger partial charge in [0.2, 0.25) is 0 Å². The molecule has 0 saturated heterocycles. The molecule has 0 N–H and O–H groups in total. The third kappa shape index (κ3) is 5.36. The molecule has 0 fully saturated rings. The van der Waals surface area contributed by atoms with Gasteiger partial charge in [0, 0.05) is 12.2 Å². The van der Waals surface area contributed by atoms with Crippen LogP contribution in [0.4, 0.5) is 5.69 Å². The second kappa shape index (κ2) is 10.1. The van der Waals surface area contributed by atoms with Crippen LogP contribution in [0.2, 0.25) is 0 Å². The van der Waals surface area contributed by atoms with Gasteiger partial charge in [-0.2, -0.15) is 5.26 Å². The first-order valence-corrected chi connectivity index (χ1v) is 9.63.